The summed E-state index contributed by atoms with van der Waals surface area (Å²) in [5.41, 5.74) is 5.15. The lowest BCUT2D eigenvalue weighted by Gasteiger charge is -2.07. The Kier molecular flexibility index (Phi) is 4.40. The summed E-state index contributed by atoms with van der Waals surface area (Å²) in [7, 11) is 0. The van der Waals surface area contributed by atoms with Gasteiger partial charge in [0.15, 0.2) is 17.1 Å². The molecule has 0 radical (unpaired) electrons. The minimum absolute atomic E-state index is 0.0272. The molecule has 0 saturated heterocycles. The lowest BCUT2D eigenvalue weighted by Crippen LogP contribution is -2.10. The second-order valence-electron chi connectivity index (χ2n) is 6.91. The smallest absolute Gasteiger partial charge is 0.224 e. The maximum atomic E-state index is 11.9. The van der Waals surface area contributed by atoms with Crippen LogP contribution in [-0.2, 0) is 4.79 Å². The van der Waals surface area contributed by atoms with Crippen molar-refractivity contribution in [2.75, 3.05) is 5.32 Å². The van der Waals surface area contributed by atoms with Crippen LogP contribution >= 0.6 is 0 Å². The molecule has 5 heterocycles. The maximum Gasteiger partial charge on any atom is 0.224 e. The van der Waals surface area contributed by atoms with E-state index in [2.05, 4.69) is 40.4 Å². The number of fused-ring (bicyclic) bond motifs is 2. The highest BCUT2D eigenvalue weighted by Crippen LogP contribution is 2.29. The van der Waals surface area contributed by atoms with Crippen molar-refractivity contribution in [2.45, 2.75) is 19.8 Å². The molecule has 0 aliphatic heterocycles. The number of nitrogens with one attached hydrogen (secondary N) is 3. The van der Waals surface area contributed by atoms with Gasteiger partial charge in [-0.1, -0.05) is 6.92 Å². The van der Waals surface area contributed by atoms with Gasteiger partial charge in [0.2, 0.25) is 5.91 Å². The van der Waals surface area contributed by atoms with Crippen LogP contribution in [0.15, 0.2) is 49.1 Å². The first-order valence-corrected chi connectivity index (χ1v) is 9.62. The van der Waals surface area contributed by atoms with Crippen LogP contribution in [0.1, 0.15) is 19.8 Å². The summed E-state index contributed by atoms with van der Waals surface area (Å²) in [6, 6.07) is 7.60. The number of carbonyl (C=O) groups is 1. The highest BCUT2D eigenvalue weighted by atomic mass is 16.1. The molecule has 0 aliphatic rings. The molecule has 0 bridgehead atoms. The zero-order chi connectivity index (χ0) is 20.5. The number of hydrogen-bond acceptors (Lipinski definition) is 6. The molecule has 30 heavy (non-hydrogen) atoms. The van der Waals surface area contributed by atoms with Crippen LogP contribution < -0.4 is 5.32 Å². The Morgan fingerprint density at radius 1 is 1.10 bits per heavy atom. The van der Waals surface area contributed by atoms with Crippen LogP contribution in [-0.4, -0.2) is 41.0 Å². The molecule has 5 rings (SSSR count). The van der Waals surface area contributed by atoms with Gasteiger partial charge in [-0.05, 0) is 30.7 Å². The van der Waals surface area contributed by atoms with Crippen molar-refractivity contribution in [1.29, 1.82) is 0 Å². The number of aromatic amines is 2. The highest BCUT2D eigenvalue weighted by Gasteiger charge is 2.15. The zero-order valence-electron chi connectivity index (χ0n) is 16.2. The van der Waals surface area contributed by atoms with Gasteiger partial charge in [0.05, 0.1) is 17.3 Å². The number of carbonyl (C=O) groups excluding carboxylic acids is 1. The van der Waals surface area contributed by atoms with Gasteiger partial charge < -0.3 is 10.3 Å². The van der Waals surface area contributed by atoms with Crippen LogP contribution in [0.2, 0.25) is 0 Å². The van der Waals surface area contributed by atoms with Crippen molar-refractivity contribution in [3.63, 3.8) is 0 Å². The summed E-state index contributed by atoms with van der Waals surface area (Å²) in [5.74, 6) is 0.591. The molecule has 1 amide bonds. The minimum Gasteiger partial charge on any atom is -0.325 e. The molecule has 0 saturated carbocycles. The van der Waals surface area contributed by atoms with Gasteiger partial charge in [-0.3, -0.25) is 14.9 Å². The largest absolute Gasteiger partial charge is 0.325 e. The lowest BCUT2D eigenvalue weighted by molar-refractivity contribution is -0.116. The molecule has 0 fully saturated rings. The molecule has 0 aromatic carbocycles. The summed E-state index contributed by atoms with van der Waals surface area (Å²) in [4.78, 5) is 32.7. The van der Waals surface area contributed by atoms with Crippen molar-refractivity contribution in [2.24, 2.45) is 0 Å². The van der Waals surface area contributed by atoms with E-state index in [4.69, 9.17) is 0 Å². The fourth-order valence-electron chi connectivity index (χ4n) is 3.31. The summed E-state index contributed by atoms with van der Waals surface area (Å²) in [5, 5.41) is 11.0. The SMILES string of the molecule is CCCC(=O)Nc1cncc(-c2cnc3[nH]nc(-c4nc5cccnc5[nH]4)c3c2)c1. The highest BCUT2D eigenvalue weighted by molar-refractivity contribution is 5.94. The van der Waals surface area contributed by atoms with Crippen molar-refractivity contribution in [3.8, 4) is 22.6 Å². The van der Waals surface area contributed by atoms with E-state index in [0.717, 1.165) is 28.5 Å². The average molecular weight is 398 g/mol. The van der Waals surface area contributed by atoms with Crippen LogP contribution in [0.4, 0.5) is 5.69 Å². The van der Waals surface area contributed by atoms with Crippen LogP contribution in [0.3, 0.4) is 0 Å². The number of pyridine rings is 3. The molecule has 3 N–H and O–H groups in total. The van der Waals surface area contributed by atoms with Crippen molar-refractivity contribution < 1.29 is 4.79 Å². The minimum atomic E-state index is -0.0272. The van der Waals surface area contributed by atoms with E-state index in [-0.39, 0.29) is 5.91 Å². The third kappa shape index (κ3) is 3.26. The first kappa shape index (κ1) is 17.9. The van der Waals surface area contributed by atoms with Crippen molar-refractivity contribution in [3.05, 3.63) is 49.1 Å². The lowest BCUT2D eigenvalue weighted by atomic mass is 10.1. The fourth-order valence-corrected chi connectivity index (χ4v) is 3.31. The normalized spacial score (nSPS) is 11.2. The van der Waals surface area contributed by atoms with Gasteiger partial charge in [-0.2, -0.15) is 5.10 Å². The van der Waals surface area contributed by atoms with E-state index in [1.807, 2.05) is 31.2 Å². The quantitative estimate of drug-likeness (QED) is 0.414. The molecule has 0 unspecified atom stereocenters. The molecule has 0 spiro atoms. The molecule has 0 aliphatic carbocycles. The molecular weight excluding hydrogens is 380 g/mol. The second-order valence-corrected chi connectivity index (χ2v) is 6.91. The van der Waals surface area contributed by atoms with Gasteiger partial charge in [0, 0.05) is 36.1 Å². The van der Waals surface area contributed by atoms with E-state index < -0.39 is 0 Å². The van der Waals surface area contributed by atoms with Gasteiger partial charge >= 0.3 is 0 Å². The van der Waals surface area contributed by atoms with Crippen molar-refractivity contribution in [1.82, 2.24) is 35.1 Å². The molecule has 5 aromatic heterocycles. The third-order valence-corrected chi connectivity index (χ3v) is 4.73. The Hall–Kier alpha value is -4.14. The summed E-state index contributed by atoms with van der Waals surface area (Å²) >= 11 is 0. The molecule has 9 nitrogen and oxygen atoms in total. The van der Waals surface area contributed by atoms with Crippen LogP contribution in [0.5, 0.6) is 0 Å². The van der Waals surface area contributed by atoms with E-state index in [0.29, 0.717) is 34.9 Å². The van der Waals surface area contributed by atoms with Crippen LogP contribution in [0.25, 0.3) is 44.8 Å². The molecule has 9 heteroatoms. The number of rotatable bonds is 5. The van der Waals surface area contributed by atoms with Crippen molar-refractivity contribution >= 4 is 33.8 Å². The maximum absolute atomic E-state index is 11.9. The van der Waals surface area contributed by atoms with Crippen LogP contribution in [0, 0.1) is 0 Å². The zero-order valence-corrected chi connectivity index (χ0v) is 16.2. The number of H-pyrrole nitrogens is 2. The second kappa shape index (κ2) is 7.36. The Balaban J connectivity index is 1.54. The monoisotopic (exact) mass is 398 g/mol. The Bertz CT molecular complexity index is 1340. The van der Waals surface area contributed by atoms with E-state index in [9.17, 15) is 4.79 Å². The Labute approximate surface area is 171 Å². The summed E-state index contributed by atoms with van der Waals surface area (Å²) in [6.07, 6.45) is 8.10. The number of amides is 1. The van der Waals surface area contributed by atoms with Gasteiger partial charge in [-0.15, -0.1) is 0 Å². The first-order chi connectivity index (χ1) is 14.7. The predicted molar refractivity (Wildman–Crippen MR) is 114 cm³/mol. The molecule has 0 atom stereocenters. The molecule has 148 valence electrons. The Morgan fingerprint density at radius 2 is 2.00 bits per heavy atom. The third-order valence-electron chi connectivity index (χ3n) is 4.73. The number of imidazole rings is 1. The van der Waals surface area contributed by atoms with Gasteiger partial charge in [0.1, 0.15) is 11.2 Å². The van der Waals surface area contributed by atoms with E-state index in [1.54, 1.807) is 24.8 Å². The average Bonchev–Trinajstić information content (AvgIpc) is 3.37. The number of aromatic nitrogens is 7. The molecular formula is C21H18N8O. The number of hydrogen-bond donors (Lipinski definition) is 3. The standard InChI is InChI=1S/C21H18N8O/c1-2-4-17(30)25-14-7-12(9-22-11-14)13-8-15-18(28-29-19(15)24-10-13)21-26-16-5-3-6-23-20(16)27-21/h3,5-11H,2,4H2,1H3,(H,25,30)(H,23,26,27)(H,24,28,29). The van der Waals surface area contributed by atoms with Gasteiger partial charge in [-0.25, -0.2) is 15.0 Å². The number of nitrogens with zero attached hydrogens (tertiary/aromatic N) is 5. The summed E-state index contributed by atoms with van der Waals surface area (Å²) in [6.45, 7) is 1.97. The van der Waals surface area contributed by atoms with E-state index >= 15 is 0 Å². The first-order valence-electron chi connectivity index (χ1n) is 9.62. The predicted octanol–water partition coefficient (Wildman–Crippen LogP) is 3.70. The topological polar surface area (TPSA) is 125 Å². The van der Waals surface area contributed by atoms with E-state index in [1.165, 1.54) is 0 Å². The summed E-state index contributed by atoms with van der Waals surface area (Å²) < 4.78 is 0. The fraction of sp³-hybridized carbons (Fsp3) is 0.143. The molecule has 5 aromatic rings. The van der Waals surface area contributed by atoms with Gasteiger partial charge in [0.25, 0.3) is 0 Å². The Morgan fingerprint density at radius 3 is 2.87 bits per heavy atom. The number of anilines is 1.